The van der Waals surface area contributed by atoms with E-state index in [2.05, 4.69) is 15.1 Å². The van der Waals surface area contributed by atoms with Gasteiger partial charge in [-0.1, -0.05) is 6.92 Å². The van der Waals surface area contributed by atoms with Gasteiger partial charge in [0.15, 0.2) is 0 Å². The molecule has 1 aliphatic heterocycles. The van der Waals surface area contributed by atoms with Crippen LogP contribution in [0.2, 0.25) is 0 Å². The molecule has 2 aliphatic rings. The summed E-state index contributed by atoms with van der Waals surface area (Å²) in [4.78, 5) is 16.2. The van der Waals surface area contributed by atoms with Gasteiger partial charge in [0.25, 0.3) is 0 Å². The number of carbonyl (C=O) groups is 1. The summed E-state index contributed by atoms with van der Waals surface area (Å²) in [5.74, 6) is 0.730. The van der Waals surface area contributed by atoms with Gasteiger partial charge >= 0.3 is 0 Å². The maximum atomic E-state index is 11.3. The van der Waals surface area contributed by atoms with Crippen molar-refractivity contribution < 1.29 is 4.79 Å². The van der Waals surface area contributed by atoms with Crippen LogP contribution in [0.4, 0.5) is 0 Å². The number of carbonyl (C=O) groups excluding carboxylic acids is 1. The highest BCUT2D eigenvalue weighted by Crippen LogP contribution is 2.29. The Bertz CT molecular complexity index is 272. The molecule has 0 aromatic heterocycles. The van der Waals surface area contributed by atoms with Crippen molar-refractivity contribution in [3.05, 3.63) is 0 Å². The molecule has 0 aromatic carbocycles. The van der Waals surface area contributed by atoms with E-state index in [1.165, 1.54) is 19.4 Å². The van der Waals surface area contributed by atoms with Crippen molar-refractivity contribution in [1.82, 2.24) is 15.1 Å². The molecule has 18 heavy (non-hydrogen) atoms. The standard InChI is InChI=1S/C13H26N4O/c1-2-15-12(13(14)18)10-17-7-5-16(6-8-17)9-11-3-4-11/h11-12,15H,2-10H2,1H3,(H2,14,18). The number of piperazine rings is 1. The molecule has 2 rings (SSSR count). The van der Waals surface area contributed by atoms with Gasteiger partial charge in [0.1, 0.15) is 0 Å². The van der Waals surface area contributed by atoms with Crippen molar-refractivity contribution in [3.8, 4) is 0 Å². The van der Waals surface area contributed by atoms with E-state index in [4.69, 9.17) is 5.73 Å². The highest BCUT2D eigenvalue weighted by Gasteiger charge is 2.27. The molecule has 0 spiro atoms. The van der Waals surface area contributed by atoms with Crippen LogP contribution in [0.5, 0.6) is 0 Å². The number of nitrogens with zero attached hydrogens (tertiary/aromatic N) is 2. The molecule has 1 amide bonds. The average molecular weight is 254 g/mol. The van der Waals surface area contributed by atoms with Crippen molar-refractivity contribution in [3.63, 3.8) is 0 Å². The van der Waals surface area contributed by atoms with Crippen molar-refractivity contribution in [1.29, 1.82) is 0 Å². The molecule has 5 heteroatoms. The van der Waals surface area contributed by atoms with Gasteiger partial charge in [-0.25, -0.2) is 0 Å². The summed E-state index contributed by atoms with van der Waals surface area (Å²) in [5, 5.41) is 3.15. The molecule has 104 valence electrons. The van der Waals surface area contributed by atoms with E-state index < -0.39 is 0 Å². The monoisotopic (exact) mass is 254 g/mol. The second kappa shape index (κ2) is 6.50. The third-order valence-electron chi connectivity index (χ3n) is 3.91. The first-order valence-electron chi connectivity index (χ1n) is 7.16. The summed E-state index contributed by atoms with van der Waals surface area (Å²) in [6, 6.07) is -0.204. The van der Waals surface area contributed by atoms with E-state index in [1.54, 1.807) is 0 Å². The Kier molecular flexibility index (Phi) is 4.97. The number of rotatable bonds is 7. The first-order valence-corrected chi connectivity index (χ1v) is 7.16. The summed E-state index contributed by atoms with van der Waals surface area (Å²) >= 11 is 0. The predicted molar refractivity (Wildman–Crippen MR) is 72.3 cm³/mol. The zero-order valence-corrected chi connectivity index (χ0v) is 11.4. The SMILES string of the molecule is CCNC(CN1CCN(CC2CC2)CC1)C(N)=O. The quantitative estimate of drug-likeness (QED) is 0.642. The van der Waals surface area contributed by atoms with E-state index in [0.29, 0.717) is 0 Å². The summed E-state index contributed by atoms with van der Waals surface area (Å²) in [6.45, 7) is 9.20. The first kappa shape index (κ1) is 13.8. The molecule has 1 aliphatic carbocycles. The van der Waals surface area contributed by atoms with Gasteiger partial charge < -0.3 is 16.0 Å². The van der Waals surface area contributed by atoms with Crippen LogP contribution in [0.15, 0.2) is 0 Å². The maximum absolute atomic E-state index is 11.3. The van der Waals surface area contributed by atoms with Gasteiger partial charge in [0, 0.05) is 39.3 Å². The molecule has 1 saturated carbocycles. The molecular weight excluding hydrogens is 228 g/mol. The number of hydrogen-bond acceptors (Lipinski definition) is 4. The van der Waals surface area contributed by atoms with E-state index in [1.807, 2.05) is 6.92 Å². The van der Waals surface area contributed by atoms with Crippen molar-refractivity contribution >= 4 is 5.91 Å². The fraction of sp³-hybridized carbons (Fsp3) is 0.923. The molecule has 0 radical (unpaired) electrons. The van der Waals surface area contributed by atoms with Gasteiger partial charge in [-0.05, 0) is 25.3 Å². The van der Waals surface area contributed by atoms with Crippen LogP contribution >= 0.6 is 0 Å². The molecule has 2 fully saturated rings. The van der Waals surface area contributed by atoms with Gasteiger partial charge in [-0.3, -0.25) is 9.69 Å². The van der Waals surface area contributed by atoms with Crippen molar-refractivity contribution in [2.75, 3.05) is 45.8 Å². The molecule has 1 atom stereocenters. The Hall–Kier alpha value is -0.650. The van der Waals surface area contributed by atoms with Crippen LogP contribution in [0.25, 0.3) is 0 Å². The summed E-state index contributed by atoms with van der Waals surface area (Å²) in [5.41, 5.74) is 5.40. The second-order valence-electron chi connectivity index (χ2n) is 5.56. The molecule has 1 unspecified atom stereocenters. The third-order valence-corrected chi connectivity index (χ3v) is 3.91. The topological polar surface area (TPSA) is 61.6 Å². The fourth-order valence-electron chi connectivity index (χ4n) is 2.58. The molecular formula is C13H26N4O. The number of likely N-dealkylation sites (N-methyl/N-ethyl adjacent to an activating group) is 1. The number of primary amides is 1. The van der Waals surface area contributed by atoms with E-state index in [9.17, 15) is 4.79 Å². The minimum absolute atomic E-state index is 0.204. The molecule has 0 bridgehead atoms. The minimum Gasteiger partial charge on any atom is -0.368 e. The normalized spacial score (nSPS) is 24.1. The lowest BCUT2D eigenvalue weighted by Crippen LogP contribution is -2.54. The van der Waals surface area contributed by atoms with Crippen LogP contribution in [0, 0.1) is 5.92 Å². The Labute approximate surface area is 110 Å². The third kappa shape index (κ3) is 4.23. The first-order chi connectivity index (χ1) is 8.69. The molecule has 1 saturated heterocycles. The van der Waals surface area contributed by atoms with Gasteiger partial charge in [-0.15, -0.1) is 0 Å². The molecule has 0 aromatic rings. The smallest absolute Gasteiger partial charge is 0.235 e. The largest absolute Gasteiger partial charge is 0.368 e. The van der Waals surface area contributed by atoms with Crippen LogP contribution < -0.4 is 11.1 Å². The fourth-order valence-corrected chi connectivity index (χ4v) is 2.58. The van der Waals surface area contributed by atoms with Crippen LogP contribution in [0.3, 0.4) is 0 Å². The van der Waals surface area contributed by atoms with Gasteiger partial charge in [-0.2, -0.15) is 0 Å². The van der Waals surface area contributed by atoms with E-state index >= 15 is 0 Å². The molecule has 3 N–H and O–H groups in total. The Morgan fingerprint density at radius 3 is 2.39 bits per heavy atom. The number of nitrogens with two attached hydrogens (primary N) is 1. The number of hydrogen-bond donors (Lipinski definition) is 2. The van der Waals surface area contributed by atoms with E-state index in [-0.39, 0.29) is 11.9 Å². The number of nitrogens with one attached hydrogen (secondary N) is 1. The molecule has 5 nitrogen and oxygen atoms in total. The highest BCUT2D eigenvalue weighted by molar-refractivity contribution is 5.80. The average Bonchev–Trinajstić information content (AvgIpc) is 3.15. The van der Waals surface area contributed by atoms with Gasteiger partial charge in [0.2, 0.25) is 5.91 Å². The van der Waals surface area contributed by atoms with Crippen molar-refractivity contribution in [2.45, 2.75) is 25.8 Å². The molecule has 1 heterocycles. The summed E-state index contributed by atoms with van der Waals surface area (Å²) in [6.07, 6.45) is 2.84. The Morgan fingerprint density at radius 1 is 1.28 bits per heavy atom. The predicted octanol–water partition coefficient (Wildman–Crippen LogP) is -0.523. The maximum Gasteiger partial charge on any atom is 0.235 e. The zero-order chi connectivity index (χ0) is 13.0. The Balaban J connectivity index is 1.69. The Morgan fingerprint density at radius 2 is 1.89 bits per heavy atom. The van der Waals surface area contributed by atoms with Crippen LogP contribution in [-0.4, -0.2) is 67.6 Å². The van der Waals surface area contributed by atoms with Gasteiger partial charge in [0.05, 0.1) is 6.04 Å². The summed E-state index contributed by atoms with van der Waals surface area (Å²) in [7, 11) is 0. The van der Waals surface area contributed by atoms with Crippen molar-refractivity contribution in [2.24, 2.45) is 11.7 Å². The second-order valence-corrected chi connectivity index (χ2v) is 5.56. The number of amides is 1. The lowest BCUT2D eigenvalue weighted by Gasteiger charge is -2.36. The zero-order valence-electron chi connectivity index (χ0n) is 11.4. The minimum atomic E-state index is -0.239. The summed E-state index contributed by atoms with van der Waals surface area (Å²) < 4.78 is 0. The highest BCUT2D eigenvalue weighted by atomic mass is 16.1. The lowest BCUT2D eigenvalue weighted by atomic mass is 10.2. The van der Waals surface area contributed by atoms with Crippen LogP contribution in [0.1, 0.15) is 19.8 Å². The lowest BCUT2D eigenvalue weighted by molar-refractivity contribution is -0.120. The van der Waals surface area contributed by atoms with Crippen LogP contribution in [-0.2, 0) is 4.79 Å². The van der Waals surface area contributed by atoms with E-state index in [0.717, 1.165) is 45.2 Å².